The van der Waals surface area contributed by atoms with Crippen LogP contribution in [0, 0.1) is 13.8 Å². The third-order valence-electron chi connectivity index (χ3n) is 5.29. The number of nitrogens with zero attached hydrogens (tertiary/aromatic N) is 1. The van der Waals surface area contributed by atoms with E-state index in [2.05, 4.69) is 16.7 Å². The van der Waals surface area contributed by atoms with Gasteiger partial charge in [-0.05, 0) is 36.6 Å². The van der Waals surface area contributed by atoms with E-state index in [1.807, 2.05) is 49.4 Å². The summed E-state index contributed by atoms with van der Waals surface area (Å²) in [5.41, 5.74) is 2.87. The van der Waals surface area contributed by atoms with Crippen molar-refractivity contribution in [3.05, 3.63) is 93.9 Å². The molecule has 1 atom stereocenters. The van der Waals surface area contributed by atoms with E-state index >= 15 is 0 Å². The maximum atomic E-state index is 12.8. The number of aromatic nitrogens is 1. The summed E-state index contributed by atoms with van der Waals surface area (Å²) >= 11 is 0. The lowest BCUT2D eigenvalue weighted by Gasteiger charge is -2.27. The molecule has 2 N–H and O–H groups in total. The molecule has 1 aliphatic heterocycles. The molecule has 0 saturated carbocycles. The molecule has 0 spiro atoms. The molecule has 0 aliphatic carbocycles. The molecule has 4 rings (SSSR count). The molecule has 0 radical (unpaired) electrons. The first-order chi connectivity index (χ1) is 13.9. The second-order valence-electron chi connectivity index (χ2n) is 7.38. The molecule has 2 aromatic carbocycles. The maximum absolute atomic E-state index is 12.8. The number of carbonyl (C=O) groups excluding carboxylic acids is 2. The summed E-state index contributed by atoms with van der Waals surface area (Å²) in [7, 11) is 0. The average Bonchev–Trinajstić information content (AvgIpc) is 2.99. The number of benzene rings is 2. The first kappa shape index (κ1) is 18.7. The van der Waals surface area contributed by atoms with E-state index in [1.165, 1.54) is 4.57 Å². The molecule has 3 aromatic rings. The van der Waals surface area contributed by atoms with E-state index in [0.29, 0.717) is 11.1 Å². The largest absolute Gasteiger partial charge is 0.322 e. The molecule has 146 valence electrons. The lowest BCUT2D eigenvalue weighted by molar-refractivity contribution is -0.124. The Hall–Kier alpha value is -3.67. The minimum Gasteiger partial charge on any atom is -0.318 e. The fraction of sp³-hybridized carbons (Fsp3) is 0.174. The Kier molecular flexibility index (Phi) is 4.54. The number of rotatable bonds is 4. The highest BCUT2D eigenvalue weighted by Gasteiger charge is 2.48. The van der Waals surface area contributed by atoms with E-state index in [9.17, 15) is 14.4 Å². The normalized spacial score (nSPS) is 18.4. The van der Waals surface area contributed by atoms with Gasteiger partial charge in [0.1, 0.15) is 0 Å². The van der Waals surface area contributed by atoms with Crippen LogP contribution in [-0.4, -0.2) is 16.5 Å². The van der Waals surface area contributed by atoms with Crippen LogP contribution in [0.2, 0.25) is 0 Å². The molecular weight excluding hydrogens is 366 g/mol. The number of nitrogens with one attached hydrogen (secondary N) is 2. The number of amides is 3. The number of pyridine rings is 1. The van der Waals surface area contributed by atoms with E-state index in [1.54, 1.807) is 25.3 Å². The minimum atomic E-state index is -1.35. The molecule has 6 heteroatoms. The van der Waals surface area contributed by atoms with Crippen LogP contribution in [0.15, 0.2) is 71.7 Å². The zero-order valence-corrected chi connectivity index (χ0v) is 16.2. The summed E-state index contributed by atoms with van der Waals surface area (Å²) < 4.78 is 1.45. The van der Waals surface area contributed by atoms with Crippen LogP contribution in [0.4, 0.5) is 4.79 Å². The fourth-order valence-corrected chi connectivity index (χ4v) is 3.71. The number of hydrogen-bond donors (Lipinski definition) is 2. The van der Waals surface area contributed by atoms with Crippen molar-refractivity contribution >= 4 is 11.9 Å². The number of urea groups is 1. The smallest absolute Gasteiger partial charge is 0.318 e. The van der Waals surface area contributed by atoms with Crippen molar-refractivity contribution in [2.24, 2.45) is 0 Å². The lowest BCUT2D eigenvalue weighted by atomic mass is 9.88. The van der Waals surface area contributed by atoms with Crippen molar-refractivity contribution in [1.82, 2.24) is 15.2 Å². The van der Waals surface area contributed by atoms with Crippen LogP contribution >= 0.6 is 0 Å². The number of hydrogen-bond acceptors (Lipinski definition) is 3. The quantitative estimate of drug-likeness (QED) is 0.676. The van der Waals surface area contributed by atoms with Crippen molar-refractivity contribution < 1.29 is 9.59 Å². The summed E-state index contributed by atoms with van der Waals surface area (Å²) in [4.78, 5) is 37.3. The van der Waals surface area contributed by atoms with Gasteiger partial charge in [-0.15, -0.1) is 0 Å². The Morgan fingerprint density at radius 2 is 1.66 bits per heavy atom. The van der Waals surface area contributed by atoms with Crippen LogP contribution in [-0.2, 0) is 16.9 Å². The van der Waals surface area contributed by atoms with Crippen molar-refractivity contribution in [3.63, 3.8) is 0 Å². The van der Waals surface area contributed by atoms with Crippen LogP contribution in [0.3, 0.4) is 0 Å². The monoisotopic (exact) mass is 387 g/mol. The van der Waals surface area contributed by atoms with Crippen LogP contribution < -0.4 is 16.2 Å². The second-order valence-corrected chi connectivity index (χ2v) is 7.38. The maximum Gasteiger partial charge on any atom is 0.322 e. The minimum absolute atomic E-state index is 0.00881. The Bertz CT molecular complexity index is 1160. The lowest BCUT2D eigenvalue weighted by Crippen LogP contribution is -2.49. The van der Waals surface area contributed by atoms with Gasteiger partial charge in [-0.3, -0.25) is 14.9 Å². The molecular formula is C23H21N3O3. The van der Waals surface area contributed by atoms with Gasteiger partial charge in [-0.2, -0.15) is 0 Å². The van der Waals surface area contributed by atoms with E-state index < -0.39 is 17.5 Å². The first-order valence-electron chi connectivity index (χ1n) is 9.36. The third kappa shape index (κ3) is 3.33. The summed E-state index contributed by atoms with van der Waals surface area (Å²) in [6.07, 6.45) is 1.62. The predicted octanol–water partition coefficient (Wildman–Crippen LogP) is 2.87. The highest BCUT2D eigenvalue weighted by molar-refractivity contribution is 6.07. The molecule has 29 heavy (non-hydrogen) atoms. The van der Waals surface area contributed by atoms with Gasteiger partial charge in [0.15, 0.2) is 5.54 Å². The van der Waals surface area contributed by atoms with Crippen molar-refractivity contribution in [2.75, 3.05) is 0 Å². The first-order valence-corrected chi connectivity index (χ1v) is 9.36. The predicted molar refractivity (Wildman–Crippen MR) is 110 cm³/mol. The zero-order chi connectivity index (χ0) is 20.6. The second kappa shape index (κ2) is 7.05. The van der Waals surface area contributed by atoms with Gasteiger partial charge in [0.05, 0.1) is 6.54 Å². The molecule has 1 saturated heterocycles. The molecule has 3 amide bonds. The standard InChI is InChI=1S/C23H21N3O3/c1-15-5-3-7-18(13-15)17-8-10-19(11-9-17)23(21(28)24-22(29)25-23)14-26-12-4-6-16(2)20(26)27/h3-13H,14H2,1-2H3,(H2,24,25,28,29). The molecule has 1 fully saturated rings. The molecule has 1 aliphatic rings. The molecule has 1 aromatic heterocycles. The topological polar surface area (TPSA) is 80.2 Å². The van der Waals surface area contributed by atoms with Gasteiger partial charge >= 0.3 is 6.03 Å². The zero-order valence-electron chi connectivity index (χ0n) is 16.2. The van der Waals surface area contributed by atoms with Crippen LogP contribution in [0.25, 0.3) is 11.1 Å². The summed E-state index contributed by atoms with van der Waals surface area (Å²) in [6, 6.07) is 18.5. The van der Waals surface area contributed by atoms with E-state index in [0.717, 1.165) is 16.7 Å². The number of aryl methyl sites for hydroxylation is 2. The van der Waals surface area contributed by atoms with Gasteiger partial charge in [0.2, 0.25) is 0 Å². The number of carbonyl (C=O) groups is 2. The van der Waals surface area contributed by atoms with Gasteiger partial charge in [0, 0.05) is 11.8 Å². The fourth-order valence-electron chi connectivity index (χ4n) is 3.71. The van der Waals surface area contributed by atoms with E-state index in [4.69, 9.17) is 0 Å². The Morgan fingerprint density at radius 1 is 0.897 bits per heavy atom. The van der Waals surface area contributed by atoms with Gasteiger partial charge in [-0.25, -0.2) is 4.79 Å². The van der Waals surface area contributed by atoms with Crippen molar-refractivity contribution in [1.29, 1.82) is 0 Å². The molecule has 1 unspecified atom stereocenters. The SMILES string of the molecule is Cc1cccc(-c2ccc(C3(Cn4cccc(C)c4=O)NC(=O)NC3=O)cc2)c1. The van der Waals surface area contributed by atoms with Gasteiger partial charge in [0.25, 0.3) is 11.5 Å². The van der Waals surface area contributed by atoms with Crippen molar-refractivity contribution in [3.8, 4) is 11.1 Å². The molecule has 6 nitrogen and oxygen atoms in total. The summed E-state index contributed by atoms with van der Waals surface area (Å²) in [5.74, 6) is -0.473. The van der Waals surface area contributed by atoms with Crippen LogP contribution in [0.5, 0.6) is 0 Å². The Morgan fingerprint density at radius 3 is 2.31 bits per heavy atom. The van der Waals surface area contributed by atoms with Gasteiger partial charge < -0.3 is 9.88 Å². The summed E-state index contributed by atoms with van der Waals surface area (Å²) in [5, 5.41) is 5.05. The van der Waals surface area contributed by atoms with Gasteiger partial charge in [-0.1, -0.05) is 60.2 Å². The van der Waals surface area contributed by atoms with Crippen LogP contribution in [0.1, 0.15) is 16.7 Å². The average molecular weight is 387 g/mol. The summed E-state index contributed by atoms with van der Waals surface area (Å²) in [6.45, 7) is 3.76. The molecule has 2 heterocycles. The highest BCUT2D eigenvalue weighted by atomic mass is 16.2. The highest BCUT2D eigenvalue weighted by Crippen LogP contribution is 2.29. The Balaban J connectivity index is 1.76. The van der Waals surface area contributed by atoms with E-state index in [-0.39, 0.29) is 12.1 Å². The van der Waals surface area contributed by atoms with Crippen molar-refractivity contribution in [2.45, 2.75) is 25.9 Å². The number of imide groups is 1. The Labute approximate surface area is 168 Å². The molecule has 0 bridgehead atoms. The third-order valence-corrected chi connectivity index (χ3v) is 5.29.